The van der Waals surface area contributed by atoms with E-state index >= 15 is 0 Å². The zero-order chi connectivity index (χ0) is 20.6. The topological polar surface area (TPSA) is 37.8 Å². The molecule has 0 saturated carbocycles. The summed E-state index contributed by atoms with van der Waals surface area (Å²) in [5.41, 5.74) is 4.65. The van der Waals surface area contributed by atoms with Crippen molar-refractivity contribution in [2.45, 2.75) is 26.8 Å². The summed E-state index contributed by atoms with van der Waals surface area (Å²) in [4.78, 5) is 9.23. The molecule has 29 heavy (non-hydrogen) atoms. The molecule has 0 spiro atoms. The predicted octanol–water partition coefficient (Wildman–Crippen LogP) is 4.24. The summed E-state index contributed by atoms with van der Waals surface area (Å²) in [6, 6.07) is 10.4. The van der Waals surface area contributed by atoms with E-state index in [0.29, 0.717) is 12.5 Å². The first kappa shape index (κ1) is 21.3. The van der Waals surface area contributed by atoms with Gasteiger partial charge < -0.3 is 14.4 Å². The number of nitrogens with zero attached hydrogens (tertiary/aromatic N) is 3. The molecule has 0 amide bonds. The zero-order valence-electron chi connectivity index (χ0n) is 18.1. The van der Waals surface area contributed by atoms with Crippen LogP contribution in [-0.2, 0) is 6.54 Å². The van der Waals surface area contributed by atoms with Crippen LogP contribution >= 0.6 is 0 Å². The minimum atomic E-state index is 0.648. The van der Waals surface area contributed by atoms with Crippen molar-refractivity contribution < 1.29 is 9.47 Å². The third-order valence-electron chi connectivity index (χ3n) is 5.25. The van der Waals surface area contributed by atoms with E-state index in [9.17, 15) is 0 Å². The number of hydrogen-bond donors (Lipinski definition) is 0. The Bertz CT molecular complexity index is 823. The van der Waals surface area contributed by atoms with Crippen LogP contribution in [0.2, 0.25) is 0 Å². The first-order valence-electron chi connectivity index (χ1n) is 10.4. The van der Waals surface area contributed by atoms with Crippen LogP contribution in [0.5, 0.6) is 11.6 Å². The summed E-state index contributed by atoms with van der Waals surface area (Å²) in [7, 11) is 3.85. The maximum atomic E-state index is 6.17. The summed E-state index contributed by atoms with van der Waals surface area (Å²) in [6.45, 7) is 10.2. The molecule has 1 aliphatic rings. The Kier molecular flexibility index (Phi) is 7.67. The average molecular weight is 396 g/mol. The van der Waals surface area contributed by atoms with Crippen molar-refractivity contribution in [3.8, 4) is 22.8 Å². The van der Waals surface area contributed by atoms with Crippen molar-refractivity contribution in [3.05, 3.63) is 53.7 Å². The van der Waals surface area contributed by atoms with E-state index in [1.165, 1.54) is 11.1 Å². The molecule has 5 nitrogen and oxygen atoms in total. The van der Waals surface area contributed by atoms with E-state index in [-0.39, 0.29) is 0 Å². The molecule has 0 radical (unpaired) electrons. The van der Waals surface area contributed by atoms with Gasteiger partial charge in [-0.25, -0.2) is 4.98 Å². The molecule has 1 saturated heterocycles. The number of aromatic nitrogens is 1. The highest BCUT2D eigenvalue weighted by Gasteiger charge is 2.17. The molecule has 0 N–H and O–H groups in total. The summed E-state index contributed by atoms with van der Waals surface area (Å²) in [5.74, 6) is 1.62. The molecule has 1 aromatic carbocycles. The Morgan fingerprint density at radius 2 is 1.93 bits per heavy atom. The summed E-state index contributed by atoms with van der Waals surface area (Å²) < 4.78 is 11.6. The Labute approximate surface area is 175 Å². The fourth-order valence-electron chi connectivity index (χ4n) is 3.55. The quantitative estimate of drug-likeness (QED) is 0.494. The minimum Gasteiger partial charge on any atom is -0.493 e. The number of benzene rings is 1. The number of likely N-dealkylation sites (N-methyl/N-ethyl adjacent to an activating group) is 1. The lowest BCUT2D eigenvalue weighted by atomic mass is 10.0. The number of methoxy groups -OCH3 is 1. The summed E-state index contributed by atoms with van der Waals surface area (Å²) in [6.07, 6.45) is 4.90. The molecule has 0 atom stereocenters. The lowest BCUT2D eigenvalue weighted by Crippen LogP contribution is -2.43. The molecular formula is C24H33N3O2. The van der Waals surface area contributed by atoms with Gasteiger partial charge in [0.1, 0.15) is 5.75 Å². The Hall–Kier alpha value is -2.37. The van der Waals surface area contributed by atoms with Gasteiger partial charge in [0.15, 0.2) is 0 Å². The maximum absolute atomic E-state index is 6.17. The molecule has 0 unspecified atom stereocenters. The van der Waals surface area contributed by atoms with Crippen molar-refractivity contribution in [2.75, 3.05) is 46.9 Å². The molecule has 156 valence electrons. The first-order chi connectivity index (χ1) is 14.1. The average Bonchev–Trinajstić information content (AvgIpc) is 2.73. The highest BCUT2D eigenvalue weighted by molar-refractivity contribution is 5.70. The van der Waals surface area contributed by atoms with Crippen LogP contribution in [0.4, 0.5) is 0 Å². The molecule has 0 bridgehead atoms. The molecule has 1 fully saturated rings. The van der Waals surface area contributed by atoms with Gasteiger partial charge in [0.2, 0.25) is 5.88 Å². The third kappa shape index (κ3) is 6.05. The van der Waals surface area contributed by atoms with E-state index in [0.717, 1.165) is 56.0 Å². The number of ether oxygens (including phenoxy) is 2. The van der Waals surface area contributed by atoms with Gasteiger partial charge in [0.25, 0.3) is 0 Å². The van der Waals surface area contributed by atoms with Crippen LogP contribution in [0.3, 0.4) is 0 Å². The standard InChI is InChI=1S/C24H33N3O2/c1-19(2)7-6-16-29-23-10-9-20(22-8-5-11-25-24(22)28-4)17-21(23)18-27-14-12-26(3)13-15-27/h5,7-11,17H,6,12-16,18H2,1-4H3. The van der Waals surface area contributed by atoms with E-state index in [4.69, 9.17) is 9.47 Å². The van der Waals surface area contributed by atoms with Gasteiger partial charge >= 0.3 is 0 Å². The monoisotopic (exact) mass is 395 g/mol. The molecule has 3 rings (SSSR count). The molecule has 1 aromatic heterocycles. The minimum absolute atomic E-state index is 0.648. The van der Waals surface area contributed by atoms with Crippen LogP contribution in [0.25, 0.3) is 11.1 Å². The largest absolute Gasteiger partial charge is 0.493 e. The van der Waals surface area contributed by atoms with Crippen LogP contribution in [0, 0.1) is 0 Å². The van der Waals surface area contributed by atoms with E-state index in [2.05, 4.69) is 66.0 Å². The number of allylic oxidation sites excluding steroid dienone is 1. The van der Waals surface area contributed by atoms with Gasteiger partial charge in [-0.1, -0.05) is 17.7 Å². The lowest BCUT2D eigenvalue weighted by Gasteiger charge is -2.32. The van der Waals surface area contributed by atoms with Crippen molar-refractivity contribution in [1.82, 2.24) is 14.8 Å². The number of hydrogen-bond acceptors (Lipinski definition) is 5. The molecule has 2 aromatic rings. The van der Waals surface area contributed by atoms with Crippen molar-refractivity contribution in [2.24, 2.45) is 0 Å². The van der Waals surface area contributed by atoms with E-state index in [1.54, 1.807) is 13.3 Å². The smallest absolute Gasteiger partial charge is 0.221 e. The zero-order valence-corrected chi connectivity index (χ0v) is 18.1. The van der Waals surface area contributed by atoms with Gasteiger partial charge in [-0.15, -0.1) is 0 Å². The second-order valence-corrected chi connectivity index (χ2v) is 7.88. The number of pyridine rings is 1. The van der Waals surface area contributed by atoms with Gasteiger partial charge in [-0.05, 0) is 57.1 Å². The predicted molar refractivity (Wildman–Crippen MR) is 119 cm³/mol. The van der Waals surface area contributed by atoms with Gasteiger partial charge in [0.05, 0.1) is 13.7 Å². The highest BCUT2D eigenvalue weighted by Crippen LogP contribution is 2.32. The van der Waals surface area contributed by atoms with Crippen LogP contribution in [0.1, 0.15) is 25.8 Å². The third-order valence-corrected chi connectivity index (χ3v) is 5.25. The van der Waals surface area contributed by atoms with E-state index in [1.807, 2.05) is 6.07 Å². The van der Waals surface area contributed by atoms with E-state index < -0.39 is 0 Å². The normalized spacial score (nSPS) is 15.2. The van der Waals surface area contributed by atoms with Gasteiger partial charge in [-0.2, -0.15) is 0 Å². The first-order valence-corrected chi connectivity index (χ1v) is 10.4. The van der Waals surface area contributed by atoms with Crippen molar-refractivity contribution >= 4 is 0 Å². The van der Waals surface area contributed by atoms with Crippen molar-refractivity contribution in [1.29, 1.82) is 0 Å². The lowest BCUT2D eigenvalue weighted by molar-refractivity contribution is 0.146. The second-order valence-electron chi connectivity index (χ2n) is 7.88. The molecular weight excluding hydrogens is 362 g/mol. The Morgan fingerprint density at radius 3 is 2.66 bits per heavy atom. The Morgan fingerprint density at radius 1 is 1.14 bits per heavy atom. The summed E-state index contributed by atoms with van der Waals surface area (Å²) in [5, 5.41) is 0. The molecule has 1 aliphatic heterocycles. The second kappa shape index (κ2) is 10.4. The fraction of sp³-hybridized carbons (Fsp3) is 0.458. The van der Waals surface area contributed by atoms with Gasteiger partial charge in [-0.3, -0.25) is 4.90 Å². The highest BCUT2D eigenvalue weighted by atomic mass is 16.5. The fourth-order valence-corrected chi connectivity index (χ4v) is 3.55. The van der Waals surface area contributed by atoms with Gasteiger partial charge in [0, 0.05) is 50.0 Å². The number of rotatable bonds is 8. The molecule has 5 heteroatoms. The maximum Gasteiger partial charge on any atom is 0.221 e. The molecule has 0 aliphatic carbocycles. The Balaban J connectivity index is 1.83. The van der Waals surface area contributed by atoms with Crippen LogP contribution < -0.4 is 9.47 Å². The number of piperazine rings is 1. The van der Waals surface area contributed by atoms with Crippen LogP contribution in [-0.4, -0.2) is 61.7 Å². The summed E-state index contributed by atoms with van der Waals surface area (Å²) >= 11 is 0. The van der Waals surface area contributed by atoms with Crippen LogP contribution in [0.15, 0.2) is 48.2 Å². The molecule has 2 heterocycles. The SMILES string of the molecule is COc1ncccc1-c1ccc(OCCC=C(C)C)c(CN2CCN(C)CC2)c1. The van der Waals surface area contributed by atoms with Crippen molar-refractivity contribution in [3.63, 3.8) is 0 Å².